The molecule has 5 nitrogen and oxygen atoms in total. The van der Waals surface area contributed by atoms with Gasteiger partial charge >= 0.3 is 0 Å². The zero-order valence-corrected chi connectivity index (χ0v) is 10.1. The predicted molar refractivity (Wildman–Crippen MR) is 63.9 cm³/mol. The zero-order chi connectivity index (χ0) is 12.7. The Morgan fingerprint density at radius 3 is 3.00 bits per heavy atom. The average molecular weight is 238 g/mol. The Morgan fingerprint density at radius 1 is 1.65 bits per heavy atom. The van der Waals surface area contributed by atoms with Crippen molar-refractivity contribution in [2.45, 2.75) is 25.8 Å². The van der Waals surface area contributed by atoms with Crippen LogP contribution in [0.4, 0.5) is 0 Å². The number of methoxy groups -OCH3 is 1. The summed E-state index contributed by atoms with van der Waals surface area (Å²) in [7, 11) is 1.60. The molecule has 0 aromatic carbocycles. The van der Waals surface area contributed by atoms with E-state index in [2.05, 4.69) is 10.3 Å². The minimum atomic E-state index is -0.305. The molecular weight excluding hydrogens is 220 g/mol. The smallest absolute Gasteiger partial charge is 0.255 e. The Hall–Kier alpha value is -1.62. The molecule has 0 aliphatic carbocycles. The first-order valence-electron chi connectivity index (χ1n) is 5.61. The lowest BCUT2D eigenvalue weighted by Gasteiger charge is -2.17. The molecule has 1 aromatic heterocycles. The van der Waals surface area contributed by atoms with Gasteiger partial charge in [-0.05, 0) is 12.5 Å². The molecule has 0 fully saturated rings. The number of nitrogens with one attached hydrogen (secondary N) is 1. The average Bonchev–Trinajstić information content (AvgIpc) is 2.30. The fourth-order valence-corrected chi connectivity index (χ4v) is 1.59. The Kier molecular flexibility index (Phi) is 5.42. The lowest BCUT2D eigenvalue weighted by Crippen LogP contribution is -2.37. The maximum Gasteiger partial charge on any atom is 0.255 e. The molecular formula is C12H18N2O3. The van der Waals surface area contributed by atoms with Crippen LogP contribution in [0.5, 0.6) is 5.75 Å². The van der Waals surface area contributed by atoms with E-state index < -0.39 is 0 Å². The van der Waals surface area contributed by atoms with E-state index in [0.717, 1.165) is 12.8 Å². The van der Waals surface area contributed by atoms with Crippen LogP contribution in [0.15, 0.2) is 18.5 Å². The number of pyridine rings is 1. The quantitative estimate of drug-likeness (QED) is 0.784. The number of rotatable bonds is 6. The molecule has 17 heavy (non-hydrogen) atoms. The van der Waals surface area contributed by atoms with Gasteiger partial charge in [0, 0.05) is 13.3 Å². The number of aromatic nitrogens is 1. The van der Waals surface area contributed by atoms with Crippen molar-refractivity contribution in [3.63, 3.8) is 0 Å². The molecule has 1 unspecified atom stereocenters. The maximum absolute atomic E-state index is 11.9. The first-order chi connectivity index (χ1) is 8.19. The monoisotopic (exact) mass is 238 g/mol. The van der Waals surface area contributed by atoms with Gasteiger partial charge in [-0.1, -0.05) is 13.3 Å². The standard InChI is InChI=1S/C12H18N2O3/c1-3-4-9(8-17-2)14-12(16)10-5-6-13-7-11(10)15/h5-7,9,15H,3-4,8H2,1-2H3,(H,14,16). The fourth-order valence-electron chi connectivity index (χ4n) is 1.59. The summed E-state index contributed by atoms with van der Waals surface area (Å²) in [6.07, 6.45) is 4.52. The fraction of sp³-hybridized carbons (Fsp3) is 0.500. The van der Waals surface area contributed by atoms with Gasteiger partial charge in [0.1, 0.15) is 5.75 Å². The van der Waals surface area contributed by atoms with Crippen LogP contribution in [0.3, 0.4) is 0 Å². The third-order valence-corrected chi connectivity index (χ3v) is 2.38. The zero-order valence-electron chi connectivity index (χ0n) is 10.1. The van der Waals surface area contributed by atoms with Gasteiger partial charge in [-0.2, -0.15) is 0 Å². The number of hydrogen-bond acceptors (Lipinski definition) is 4. The summed E-state index contributed by atoms with van der Waals surface area (Å²) in [5, 5.41) is 12.3. The number of carbonyl (C=O) groups excluding carboxylic acids is 1. The van der Waals surface area contributed by atoms with Gasteiger partial charge in [0.05, 0.1) is 24.4 Å². The van der Waals surface area contributed by atoms with Gasteiger partial charge in [-0.3, -0.25) is 9.78 Å². The van der Waals surface area contributed by atoms with Crippen molar-refractivity contribution in [3.05, 3.63) is 24.0 Å². The topological polar surface area (TPSA) is 71.5 Å². The van der Waals surface area contributed by atoms with E-state index in [9.17, 15) is 9.90 Å². The van der Waals surface area contributed by atoms with Crippen LogP contribution >= 0.6 is 0 Å². The molecule has 0 aliphatic rings. The summed E-state index contributed by atoms with van der Waals surface area (Å²) in [4.78, 5) is 15.6. The molecule has 0 spiro atoms. The molecule has 0 aliphatic heterocycles. The van der Waals surface area contributed by atoms with Crippen LogP contribution in [-0.2, 0) is 4.74 Å². The molecule has 0 saturated heterocycles. The number of aromatic hydroxyl groups is 1. The molecule has 0 saturated carbocycles. The number of carbonyl (C=O) groups is 1. The summed E-state index contributed by atoms with van der Waals surface area (Å²) >= 11 is 0. The molecule has 1 heterocycles. The van der Waals surface area contributed by atoms with Gasteiger partial charge < -0.3 is 15.2 Å². The van der Waals surface area contributed by atoms with Crippen molar-refractivity contribution < 1.29 is 14.6 Å². The molecule has 5 heteroatoms. The third-order valence-electron chi connectivity index (χ3n) is 2.38. The minimum Gasteiger partial charge on any atom is -0.505 e. The summed E-state index contributed by atoms with van der Waals surface area (Å²) in [5.74, 6) is -0.418. The van der Waals surface area contributed by atoms with Crippen molar-refractivity contribution >= 4 is 5.91 Å². The second-order valence-corrected chi connectivity index (χ2v) is 3.81. The van der Waals surface area contributed by atoms with Crippen LogP contribution in [-0.4, -0.2) is 35.8 Å². The lowest BCUT2D eigenvalue weighted by atomic mass is 10.1. The first-order valence-corrected chi connectivity index (χ1v) is 5.61. The summed E-state index contributed by atoms with van der Waals surface area (Å²) in [6.45, 7) is 2.50. The van der Waals surface area contributed by atoms with Gasteiger partial charge in [0.2, 0.25) is 0 Å². The van der Waals surface area contributed by atoms with E-state index in [1.165, 1.54) is 18.5 Å². The maximum atomic E-state index is 11.9. The summed E-state index contributed by atoms with van der Waals surface area (Å²) in [5.41, 5.74) is 0.234. The van der Waals surface area contributed by atoms with Gasteiger partial charge in [-0.25, -0.2) is 0 Å². The highest BCUT2D eigenvalue weighted by Crippen LogP contribution is 2.14. The second-order valence-electron chi connectivity index (χ2n) is 3.81. The van der Waals surface area contributed by atoms with E-state index in [0.29, 0.717) is 6.61 Å². The van der Waals surface area contributed by atoms with E-state index in [-0.39, 0.29) is 23.3 Å². The van der Waals surface area contributed by atoms with Crippen LogP contribution in [0.1, 0.15) is 30.1 Å². The second kappa shape index (κ2) is 6.85. The number of nitrogens with zero attached hydrogens (tertiary/aromatic N) is 1. The Balaban J connectivity index is 2.67. The lowest BCUT2D eigenvalue weighted by molar-refractivity contribution is 0.0889. The molecule has 1 aromatic rings. The number of ether oxygens (including phenoxy) is 1. The number of hydrogen-bond donors (Lipinski definition) is 2. The van der Waals surface area contributed by atoms with Gasteiger partial charge in [-0.15, -0.1) is 0 Å². The van der Waals surface area contributed by atoms with Crippen molar-refractivity contribution in [1.82, 2.24) is 10.3 Å². The number of amides is 1. The Morgan fingerprint density at radius 2 is 2.41 bits per heavy atom. The highest BCUT2D eigenvalue weighted by molar-refractivity contribution is 5.96. The SMILES string of the molecule is CCCC(COC)NC(=O)c1ccncc1O. The van der Waals surface area contributed by atoms with Crippen LogP contribution in [0, 0.1) is 0 Å². The summed E-state index contributed by atoms with van der Waals surface area (Å²) in [6, 6.07) is 1.45. The van der Waals surface area contributed by atoms with Gasteiger partial charge in [0.25, 0.3) is 5.91 Å². The van der Waals surface area contributed by atoms with Crippen LogP contribution in [0.25, 0.3) is 0 Å². The molecule has 2 N–H and O–H groups in total. The predicted octanol–water partition coefficient (Wildman–Crippen LogP) is 1.33. The Bertz CT molecular complexity index is 363. The molecule has 94 valence electrons. The molecule has 1 rings (SSSR count). The highest BCUT2D eigenvalue weighted by Gasteiger charge is 2.15. The normalized spacial score (nSPS) is 12.1. The van der Waals surface area contributed by atoms with Crippen molar-refractivity contribution in [1.29, 1.82) is 0 Å². The minimum absolute atomic E-state index is 0.0370. The van der Waals surface area contributed by atoms with E-state index in [1.807, 2.05) is 6.92 Å². The van der Waals surface area contributed by atoms with E-state index in [4.69, 9.17) is 4.74 Å². The van der Waals surface area contributed by atoms with E-state index in [1.54, 1.807) is 7.11 Å². The van der Waals surface area contributed by atoms with E-state index >= 15 is 0 Å². The molecule has 1 amide bonds. The van der Waals surface area contributed by atoms with Crippen molar-refractivity contribution in [3.8, 4) is 5.75 Å². The molecule has 1 atom stereocenters. The molecule has 0 radical (unpaired) electrons. The van der Waals surface area contributed by atoms with Gasteiger partial charge in [0.15, 0.2) is 0 Å². The van der Waals surface area contributed by atoms with Crippen LogP contribution < -0.4 is 5.32 Å². The third kappa shape index (κ3) is 4.03. The largest absolute Gasteiger partial charge is 0.505 e. The highest BCUT2D eigenvalue weighted by atomic mass is 16.5. The van der Waals surface area contributed by atoms with Crippen molar-refractivity contribution in [2.75, 3.05) is 13.7 Å². The summed E-state index contributed by atoms with van der Waals surface area (Å²) < 4.78 is 5.03. The van der Waals surface area contributed by atoms with Crippen molar-refractivity contribution in [2.24, 2.45) is 0 Å². The first kappa shape index (κ1) is 13.4. The van der Waals surface area contributed by atoms with Crippen LogP contribution in [0.2, 0.25) is 0 Å². The molecule has 0 bridgehead atoms. The Labute approximate surface area is 101 Å².